The van der Waals surface area contributed by atoms with Crippen molar-refractivity contribution in [1.29, 1.82) is 0 Å². The average molecular weight is 306 g/mol. The minimum Gasteiger partial charge on any atom is -0.465 e. The molecule has 118 valence electrons. The summed E-state index contributed by atoms with van der Waals surface area (Å²) >= 11 is 0. The van der Waals surface area contributed by atoms with E-state index in [1.54, 1.807) is 37.1 Å². The number of carbonyl (C=O) groups excluding carboxylic acids is 2. The molecule has 0 aliphatic rings. The number of hydrogen-bond donors (Lipinski definition) is 0. The van der Waals surface area contributed by atoms with Gasteiger partial charge in [0.1, 0.15) is 16.6 Å². The molecule has 0 saturated carbocycles. The van der Waals surface area contributed by atoms with Crippen LogP contribution >= 0.6 is 0 Å². The summed E-state index contributed by atoms with van der Waals surface area (Å²) in [6, 6.07) is 0. The van der Waals surface area contributed by atoms with Gasteiger partial charge in [0.25, 0.3) is 0 Å². The number of pyridine rings is 1. The van der Waals surface area contributed by atoms with Crippen molar-refractivity contribution in [2.24, 2.45) is 14.1 Å². The average Bonchev–Trinajstić information content (AvgIpc) is 2.75. The van der Waals surface area contributed by atoms with Crippen molar-refractivity contribution in [3.05, 3.63) is 33.2 Å². The number of aromatic nitrogens is 2. The van der Waals surface area contributed by atoms with E-state index in [0.29, 0.717) is 16.8 Å². The lowest BCUT2D eigenvalue weighted by Crippen LogP contribution is -2.21. The first-order chi connectivity index (χ1) is 10.3. The van der Waals surface area contributed by atoms with Crippen molar-refractivity contribution >= 4 is 23.0 Å². The first-order valence-electron chi connectivity index (χ1n) is 6.79. The molecular weight excluding hydrogens is 288 g/mol. The predicted molar refractivity (Wildman–Crippen MR) is 80.2 cm³/mol. The lowest BCUT2D eigenvalue weighted by Gasteiger charge is -2.07. The fourth-order valence-corrected chi connectivity index (χ4v) is 2.53. The van der Waals surface area contributed by atoms with Crippen molar-refractivity contribution in [3.63, 3.8) is 0 Å². The summed E-state index contributed by atoms with van der Waals surface area (Å²) in [5, 5.41) is 0. The molecule has 0 radical (unpaired) electrons. The summed E-state index contributed by atoms with van der Waals surface area (Å²) in [7, 11) is 4.61. The summed E-state index contributed by atoms with van der Waals surface area (Å²) < 4.78 is 12.9. The van der Waals surface area contributed by atoms with Crippen LogP contribution in [0.15, 0.2) is 11.0 Å². The summed E-state index contributed by atoms with van der Waals surface area (Å²) in [6.07, 6.45) is 1.38. The molecule has 2 rings (SSSR count). The van der Waals surface area contributed by atoms with Crippen molar-refractivity contribution in [2.75, 3.05) is 13.7 Å². The highest BCUT2D eigenvalue weighted by Gasteiger charge is 2.25. The molecule has 7 nitrogen and oxygen atoms in total. The van der Waals surface area contributed by atoms with Gasteiger partial charge in [-0.3, -0.25) is 4.79 Å². The molecule has 0 aromatic carbocycles. The van der Waals surface area contributed by atoms with Gasteiger partial charge in [0.15, 0.2) is 0 Å². The highest BCUT2D eigenvalue weighted by molar-refractivity contribution is 6.05. The number of aryl methyl sites for hydroxylation is 2. The maximum Gasteiger partial charge on any atom is 0.343 e. The molecule has 0 fully saturated rings. The van der Waals surface area contributed by atoms with Gasteiger partial charge in [-0.05, 0) is 13.8 Å². The number of nitrogens with zero attached hydrogens (tertiary/aromatic N) is 2. The number of rotatable bonds is 3. The van der Waals surface area contributed by atoms with Gasteiger partial charge in [-0.2, -0.15) is 0 Å². The Morgan fingerprint density at radius 2 is 1.82 bits per heavy atom. The van der Waals surface area contributed by atoms with Gasteiger partial charge in [-0.25, -0.2) is 9.59 Å². The Balaban J connectivity index is 2.90. The smallest absolute Gasteiger partial charge is 0.343 e. The molecule has 0 spiro atoms. The van der Waals surface area contributed by atoms with Gasteiger partial charge in [-0.1, -0.05) is 0 Å². The third kappa shape index (κ3) is 2.18. The number of ether oxygens (including phenoxy) is 2. The Labute approximate surface area is 127 Å². The van der Waals surface area contributed by atoms with E-state index in [-0.39, 0.29) is 17.7 Å². The number of esters is 2. The first kappa shape index (κ1) is 15.8. The van der Waals surface area contributed by atoms with Gasteiger partial charge >= 0.3 is 11.9 Å². The quantitative estimate of drug-likeness (QED) is 0.795. The monoisotopic (exact) mass is 306 g/mol. The first-order valence-corrected chi connectivity index (χ1v) is 6.79. The third-order valence-corrected chi connectivity index (χ3v) is 3.68. The molecule has 2 heterocycles. The summed E-state index contributed by atoms with van der Waals surface area (Å²) in [6.45, 7) is 3.57. The molecule has 0 unspecified atom stereocenters. The molecular formula is C15H18N2O5. The van der Waals surface area contributed by atoms with Crippen LogP contribution in [0.5, 0.6) is 0 Å². The SMILES string of the molecule is CCOC(=O)c1cn(C)c2c(C(=O)OC)c(C)n(C)c2c1=O. The number of hydrogen-bond acceptors (Lipinski definition) is 5. The van der Waals surface area contributed by atoms with E-state index in [2.05, 4.69) is 0 Å². The third-order valence-electron chi connectivity index (χ3n) is 3.68. The van der Waals surface area contributed by atoms with Crippen LogP contribution < -0.4 is 5.43 Å². The fraction of sp³-hybridized carbons (Fsp3) is 0.400. The molecule has 7 heteroatoms. The number of carbonyl (C=O) groups is 2. The normalized spacial score (nSPS) is 10.8. The predicted octanol–water partition coefficient (Wildman–Crippen LogP) is 1.15. The molecule has 0 amide bonds. The van der Waals surface area contributed by atoms with Gasteiger partial charge in [0, 0.05) is 26.0 Å². The van der Waals surface area contributed by atoms with Gasteiger partial charge in [0.2, 0.25) is 5.43 Å². The molecule has 0 atom stereocenters. The van der Waals surface area contributed by atoms with Gasteiger partial charge < -0.3 is 18.6 Å². The van der Waals surface area contributed by atoms with Crippen LogP contribution in [0.1, 0.15) is 33.3 Å². The van der Waals surface area contributed by atoms with E-state index in [1.807, 2.05) is 0 Å². The van der Waals surface area contributed by atoms with E-state index in [1.165, 1.54) is 13.3 Å². The van der Waals surface area contributed by atoms with E-state index in [4.69, 9.17) is 9.47 Å². The Morgan fingerprint density at radius 3 is 2.36 bits per heavy atom. The van der Waals surface area contributed by atoms with E-state index in [0.717, 1.165) is 0 Å². The van der Waals surface area contributed by atoms with Gasteiger partial charge in [0.05, 0.1) is 19.2 Å². The zero-order chi connectivity index (χ0) is 16.6. The Bertz CT molecular complexity index is 829. The molecule has 0 N–H and O–H groups in total. The van der Waals surface area contributed by atoms with Crippen molar-refractivity contribution in [1.82, 2.24) is 9.13 Å². The Kier molecular flexibility index (Phi) is 4.07. The lowest BCUT2D eigenvalue weighted by atomic mass is 10.2. The lowest BCUT2D eigenvalue weighted by molar-refractivity contribution is 0.0523. The van der Waals surface area contributed by atoms with E-state index in [9.17, 15) is 14.4 Å². The molecule has 2 aromatic heterocycles. The summed E-state index contributed by atoms with van der Waals surface area (Å²) in [5.74, 6) is -1.20. The summed E-state index contributed by atoms with van der Waals surface area (Å²) in [5.41, 5.74) is 1.09. The Hall–Kier alpha value is -2.57. The van der Waals surface area contributed by atoms with Gasteiger partial charge in [-0.15, -0.1) is 0 Å². The second kappa shape index (κ2) is 5.67. The molecule has 0 aliphatic heterocycles. The van der Waals surface area contributed by atoms with Crippen LogP contribution in [0.2, 0.25) is 0 Å². The van der Waals surface area contributed by atoms with E-state index >= 15 is 0 Å². The molecule has 0 aliphatic carbocycles. The minimum absolute atomic E-state index is 0.0612. The number of fused-ring (bicyclic) bond motifs is 1. The maximum absolute atomic E-state index is 12.6. The van der Waals surface area contributed by atoms with Crippen molar-refractivity contribution < 1.29 is 19.1 Å². The maximum atomic E-state index is 12.6. The van der Waals surface area contributed by atoms with Crippen molar-refractivity contribution in [3.8, 4) is 0 Å². The topological polar surface area (TPSA) is 79.5 Å². The Morgan fingerprint density at radius 1 is 1.18 bits per heavy atom. The zero-order valence-electron chi connectivity index (χ0n) is 13.2. The highest BCUT2D eigenvalue weighted by atomic mass is 16.5. The second-order valence-corrected chi connectivity index (χ2v) is 4.91. The highest BCUT2D eigenvalue weighted by Crippen LogP contribution is 2.23. The standard InChI is InChI=1S/C15H18N2O5/c1-6-22-14(19)9-7-16(3)11-10(15(20)21-5)8(2)17(4)12(11)13(9)18/h7H,6H2,1-5H3. The second-order valence-electron chi connectivity index (χ2n) is 4.91. The minimum atomic E-state index is -0.677. The summed E-state index contributed by atoms with van der Waals surface area (Å²) in [4.78, 5) is 36.5. The number of methoxy groups -OCH3 is 1. The molecule has 2 aromatic rings. The van der Waals surface area contributed by atoms with Crippen molar-refractivity contribution in [2.45, 2.75) is 13.8 Å². The molecule has 0 saturated heterocycles. The van der Waals surface area contributed by atoms with Crippen LogP contribution in [0.25, 0.3) is 11.0 Å². The van der Waals surface area contributed by atoms with Crippen LogP contribution in [0, 0.1) is 6.92 Å². The van der Waals surface area contributed by atoms with Crippen LogP contribution in [-0.4, -0.2) is 34.8 Å². The largest absolute Gasteiger partial charge is 0.465 e. The zero-order valence-corrected chi connectivity index (χ0v) is 13.2. The fourth-order valence-electron chi connectivity index (χ4n) is 2.53. The van der Waals surface area contributed by atoms with E-state index < -0.39 is 17.4 Å². The van der Waals surface area contributed by atoms with Crippen LogP contribution in [0.4, 0.5) is 0 Å². The molecule has 0 bridgehead atoms. The van der Waals surface area contributed by atoms with Crippen LogP contribution in [0.3, 0.4) is 0 Å². The van der Waals surface area contributed by atoms with Crippen LogP contribution in [-0.2, 0) is 23.6 Å². The molecule has 22 heavy (non-hydrogen) atoms.